The number of aliphatic hydroxyl groups excluding tert-OH is 1. The van der Waals surface area contributed by atoms with Gasteiger partial charge in [0.25, 0.3) is 11.7 Å². The molecule has 0 bridgehead atoms. The highest BCUT2D eigenvalue weighted by Crippen LogP contribution is 2.43. The van der Waals surface area contributed by atoms with Gasteiger partial charge in [0.15, 0.2) is 0 Å². The lowest BCUT2D eigenvalue weighted by Gasteiger charge is -2.26. The summed E-state index contributed by atoms with van der Waals surface area (Å²) in [5.74, 6) is -0.606. The predicted molar refractivity (Wildman–Crippen MR) is 145 cm³/mol. The zero-order valence-electron chi connectivity index (χ0n) is 19.7. The Labute approximate surface area is 224 Å². The number of anilines is 1. The number of ketones is 1. The van der Waals surface area contributed by atoms with E-state index in [1.165, 1.54) is 17.0 Å². The normalized spacial score (nSPS) is 16.7. The molecule has 0 aromatic heterocycles. The van der Waals surface area contributed by atoms with Gasteiger partial charge in [0.2, 0.25) is 0 Å². The highest BCUT2D eigenvalue weighted by Gasteiger charge is 2.47. The van der Waals surface area contributed by atoms with Crippen molar-refractivity contribution < 1.29 is 19.4 Å². The third kappa shape index (κ3) is 4.84. The first-order valence-corrected chi connectivity index (χ1v) is 12.2. The van der Waals surface area contributed by atoms with Gasteiger partial charge in [-0.05, 0) is 67.1 Å². The molecule has 5 nitrogen and oxygen atoms in total. The van der Waals surface area contributed by atoms with Gasteiger partial charge in [0.05, 0.1) is 21.7 Å². The molecule has 0 aliphatic carbocycles. The van der Waals surface area contributed by atoms with Gasteiger partial charge in [0.1, 0.15) is 17.3 Å². The van der Waals surface area contributed by atoms with E-state index in [9.17, 15) is 14.7 Å². The largest absolute Gasteiger partial charge is 0.507 e. The van der Waals surface area contributed by atoms with Crippen molar-refractivity contribution in [2.45, 2.75) is 13.0 Å². The molecule has 1 atom stereocenters. The fraction of sp³-hybridized carbons (Fsp3) is 0.0667. The summed E-state index contributed by atoms with van der Waals surface area (Å²) in [7, 11) is 0. The molecule has 7 heteroatoms. The maximum Gasteiger partial charge on any atom is 0.300 e. The van der Waals surface area contributed by atoms with Crippen LogP contribution >= 0.6 is 23.2 Å². The summed E-state index contributed by atoms with van der Waals surface area (Å²) in [5, 5.41) is 11.8. The van der Waals surface area contributed by atoms with Crippen molar-refractivity contribution in [1.29, 1.82) is 0 Å². The molecular formula is C30H21Cl2NO4. The Hall–Kier alpha value is -4.06. The van der Waals surface area contributed by atoms with Crippen LogP contribution in [0.4, 0.5) is 5.69 Å². The first kappa shape index (κ1) is 24.6. The zero-order chi connectivity index (χ0) is 26.1. The van der Waals surface area contributed by atoms with Gasteiger partial charge in [-0.15, -0.1) is 0 Å². The van der Waals surface area contributed by atoms with Crippen LogP contribution in [0.5, 0.6) is 11.5 Å². The molecule has 0 spiro atoms. The summed E-state index contributed by atoms with van der Waals surface area (Å²) in [5.41, 5.74) is 2.38. The first-order chi connectivity index (χ1) is 17.8. The van der Waals surface area contributed by atoms with Gasteiger partial charge in [0, 0.05) is 11.3 Å². The van der Waals surface area contributed by atoms with E-state index in [0.717, 1.165) is 5.56 Å². The molecule has 1 fully saturated rings. The first-order valence-electron chi connectivity index (χ1n) is 11.5. The molecule has 1 aliphatic rings. The number of nitrogens with zero attached hydrogens (tertiary/aromatic N) is 1. The van der Waals surface area contributed by atoms with Crippen LogP contribution < -0.4 is 9.64 Å². The van der Waals surface area contributed by atoms with E-state index in [-0.39, 0.29) is 21.9 Å². The van der Waals surface area contributed by atoms with Crippen LogP contribution in [0.2, 0.25) is 10.0 Å². The molecule has 1 aliphatic heterocycles. The minimum Gasteiger partial charge on any atom is -0.507 e. The average Bonchev–Trinajstić information content (AvgIpc) is 3.16. The number of rotatable bonds is 5. The number of aliphatic hydroxyl groups is 1. The Morgan fingerprint density at radius 1 is 0.811 bits per heavy atom. The van der Waals surface area contributed by atoms with Crippen LogP contribution in [0.3, 0.4) is 0 Å². The second kappa shape index (κ2) is 10.1. The number of para-hydroxylation sites is 1. The van der Waals surface area contributed by atoms with Crippen molar-refractivity contribution in [2.75, 3.05) is 4.90 Å². The molecule has 184 valence electrons. The van der Waals surface area contributed by atoms with Crippen LogP contribution in [-0.2, 0) is 9.59 Å². The number of carbonyl (C=O) groups is 2. The van der Waals surface area contributed by atoms with E-state index in [4.69, 9.17) is 27.9 Å². The van der Waals surface area contributed by atoms with Gasteiger partial charge in [-0.25, -0.2) is 0 Å². The fourth-order valence-electron chi connectivity index (χ4n) is 4.35. The van der Waals surface area contributed by atoms with E-state index < -0.39 is 17.7 Å². The molecule has 4 aromatic carbocycles. The van der Waals surface area contributed by atoms with Gasteiger partial charge in [-0.2, -0.15) is 0 Å². The topological polar surface area (TPSA) is 66.8 Å². The number of aryl methyl sites for hydroxylation is 1. The highest BCUT2D eigenvalue weighted by molar-refractivity contribution is 6.51. The number of carbonyl (C=O) groups excluding carboxylic acids is 2. The Morgan fingerprint density at radius 3 is 2.19 bits per heavy atom. The summed E-state index contributed by atoms with van der Waals surface area (Å²) in [6, 6.07) is 27.4. The lowest BCUT2D eigenvalue weighted by atomic mass is 9.94. The van der Waals surface area contributed by atoms with Crippen molar-refractivity contribution in [1.82, 2.24) is 0 Å². The number of Topliss-reactive ketones (excluding diaryl/α,β-unsaturated/α-hetero) is 1. The van der Waals surface area contributed by atoms with Crippen LogP contribution in [0.25, 0.3) is 5.76 Å². The summed E-state index contributed by atoms with van der Waals surface area (Å²) in [6.07, 6.45) is 0. The van der Waals surface area contributed by atoms with Gasteiger partial charge < -0.3 is 9.84 Å². The molecule has 0 radical (unpaired) electrons. The summed E-state index contributed by atoms with van der Waals surface area (Å²) < 4.78 is 5.87. The van der Waals surface area contributed by atoms with Crippen molar-refractivity contribution in [3.8, 4) is 11.5 Å². The SMILES string of the molecule is Cc1cccc(C2/C(=C(/O)c3ccc(Cl)c(Cl)c3)C(=O)C(=O)N2c2ccc(Oc3ccccc3)cc2)c1. The Balaban J connectivity index is 1.60. The van der Waals surface area contributed by atoms with E-state index in [0.29, 0.717) is 27.8 Å². The molecule has 4 aromatic rings. The maximum atomic E-state index is 13.4. The Bertz CT molecular complexity index is 1530. The van der Waals surface area contributed by atoms with Gasteiger partial charge in [-0.3, -0.25) is 14.5 Å². The summed E-state index contributed by atoms with van der Waals surface area (Å²) >= 11 is 12.2. The van der Waals surface area contributed by atoms with Gasteiger partial charge in [-0.1, -0.05) is 71.2 Å². The fourth-order valence-corrected chi connectivity index (χ4v) is 4.65. The third-order valence-electron chi connectivity index (χ3n) is 6.09. The van der Waals surface area contributed by atoms with Crippen molar-refractivity contribution in [3.05, 3.63) is 129 Å². The lowest BCUT2D eigenvalue weighted by Crippen LogP contribution is -2.29. The minimum absolute atomic E-state index is 0.0291. The van der Waals surface area contributed by atoms with Crippen molar-refractivity contribution in [3.63, 3.8) is 0 Å². The standard InChI is InChI=1S/C30H21Cl2NO4/c1-18-6-5-7-19(16-18)27-26(28(34)20-10-15-24(31)25(32)17-20)29(35)30(36)33(27)21-11-13-23(14-12-21)37-22-8-3-2-4-9-22/h2-17,27,34H,1H3/b28-26-. The predicted octanol–water partition coefficient (Wildman–Crippen LogP) is 7.72. The zero-order valence-corrected chi connectivity index (χ0v) is 21.2. The molecule has 0 saturated carbocycles. The number of hydrogen-bond donors (Lipinski definition) is 1. The highest BCUT2D eigenvalue weighted by atomic mass is 35.5. The second-order valence-corrected chi connectivity index (χ2v) is 9.44. The maximum absolute atomic E-state index is 13.4. The number of benzene rings is 4. The number of halogens is 2. The molecule has 1 heterocycles. The molecule has 1 saturated heterocycles. The summed E-state index contributed by atoms with van der Waals surface area (Å²) in [6.45, 7) is 1.92. The lowest BCUT2D eigenvalue weighted by molar-refractivity contribution is -0.132. The van der Waals surface area contributed by atoms with Crippen LogP contribution in [0.1, 0.15) is 22.7 Å². The molecule has 1 unspecified atom stereocenters. The van der Waals surface area contributed by atoms with E-state index in [1.807, 2.05) is 61.5 Å². The quantitative estimate of drug-likeness (QED) is 0.163. The number of ether oxygens (including phenoxy) is 1. The Morgan fingerprint density at radius 2 is 1.51 bits per heavy atom. The number of hydrogen-bond acceptors (Lipinski definition) is 4. The van der Waals surface area contributed by atoms with Gasteiger partial charge >= 0.3 is 0 Å². The van der Waals surface area contributed by atoms with E-state index >= 15 is 0 Å². The summed E-state index contributed by atoms with van der Waals surface area (Å²) in [4.78, 5) is 28.1. The van der Waals surface area contributed by atoms with Crippen LogP contribution in [0, 0.1) is 6.92 Å². The smallest absolute Gasteiger partial charge is 0.300 e. The molecule has 37 heavy (non-hydrogen) atoms. The van der Waals surface area contributed by atoms with E-state index in [2.05, 4.69) is 0 Å². The van der Waals surface area contributed by atoms with Crippen LogP contribution in [-0.4, -0.2) is 16.8 Å². The third-order valence-corrected chi connectivity index (χ3v) is 6.83. The monoisotopic (exact) mass is 529 g/mol. The molecule has 5 rings (SSSR count). The second-order valence-electron chi connectivity index (χ2n) is 8.62. The van der Waals surface area contributed by atoms with Crippen LogP contribution in [0.15, 0.2) is 103 Å². The minimum atomic E-state index is -0.852. The average molecular weight is 530 g/mol. The van der Waals surface area contributed by atoms with Crippen molar-refractivity contribution in [2.24, 2.45) is 0 Å². The molecule has 1 amide bonds. The molecule has 1 N–H and O–H groups in total. The Kier molecular flexibility index (Phi) is 6.74. The number of amides is 1. The van der Waals surface area contributed by atoms with E-state index in [1.54, 1.807) is 30.3 Å². The molecular weight excluding hydrogens is 509 g/mol. The van der Waals surface area contributed by atoms with Crippen molar-refractivity contribution >= 4 is 46.3 Å².